The molecule has 1 fully saturated rings. The number of nitro groups is 1. The zero-order valence-electron chi connectivity index (χ0n) is 10.3. The molecule has 1 aromatic carbocycles. The Bertz CT molecular complexity index is 450. The highest BCUT2D eigenvalue weighted by Gasteiger charge is 2.20. The summed E-state index contributed by atoms with van der Waals surface area (Å²) in [6.45, 7) is 2.45. The second kappa shape index (κ2) is 5.32. The fourth-order valence-electron chi connectivity index (χ4n) is 2.22. The number of likely N-dealkylation sites (tertiary alicyclic amines) is 1. The first kappa shape index (κ1) is 12.8. The first-order valence-corrected chi connectivity index (χ1v) is 5.89. The molecule has 0 amide bonds. The average Bonchev–Trinajstić information content (AvgIpc) is 2.74. The molecule has 98 valence electrons. The minimum Gasteiger partial charge on any atom is -0.496 e. The van der Waals surface area contributed by atoms with E-state index >= 15 is 0 Å². The van der Waals surface area contributed by atoms with Crippen molar-refractivity contribution < 1.29 is 9.66 Å². The highest BCUT2D eigenvalue weighted by molar-refractivity contribution is 5.42. The summed E-state index contributed by atoms with van der Waals surface area (Å²) < 4.78 is 5.08. The van der Waals surface area contributed by atoms with Crippen molar-refractivity contribution in [1.82, 2.24) is 4.90 Å². The summed E-state index contributed by atoms with van der Waals surface area (Å²) >= 11 is 0. The summed E-state index contributed by atoms with van der Waals surface area (Å²) in [5.41, 5.74) is 6.79. The molecule has 0 saturated carbocycles. The molecule has 1 aromatic rings. The van der Waals surface area contributed by atoms with E-state index in [1.54, 1.807) is 6.07 Å². The summed E-state index contributed by atoms with van der Waals surface area (Å²) in [5, 5.41) is 10.8. The summed E-state index contributed by atoms with van der Waals surface area (Å²) in [5.74, 6) is 0.516. The van der Waals surface area contributed by atoms with Gasteiger partial charge in [0, 0.05) is 31.7 Å². The average molecular weight is 251 g/mol. The maximum atomic E-state index is 10.8. The molecule has 0 radical (unpaired) electrons. The summed E-state index contributed by atoms with van der Waals surface area (Å²) in [6, 6.07) is 5.06. The van der Waals surface area contributed by atoms with Crippen LogP contribution in [0.2, 0.25) is 0 Å². The van der Waals surface area contributed by atoms with E-state index in [0.29, 0.717) is 12.3 Å². The number of non-ortho nitro benzene ring substituents is 1. The summed E-state index contributed by atoms with van der Waals surface area (Å²) in [4.78, 5) is 12.6. The highest BCUT2D eigenvalue weighted by atomic mass is 16.6. The number of ether oxygens (including phenoxy) is 1. The van der Waals surface area contributed by atoms with E-state index < -0.39 is 4.92 Å². The number of benzene rings is 1. The SMILES string of the molecule is COc1cc(CN2CC[C@H](N)C2)cc([N+](=O)[O-])c1. The van der Waals surface area contributed by atoms with Crippen LogP contribution in [-0.4, -0.2) is 36.1 Å². The van der Waals surface area contributed by atoms with E-state index in [-0.39, 0.29) is 11.7 Å². The van der Waals surface area contributed by atoms with Gasteiger partial charge in [0.1, 0.15) is 5.75 Å². The van der Waals surface area contributed by atoms with Gasteiger partial charge in [-0.05, 0) is 18.1 Å². The first-order chi connectivity index (χ1) is 8.58. The number of nitrogens with zero attached hydrogens (tertiary/aromatic N) is 2. The van der Waals surface area contributed by atoms with Crippen molar-refractivity contribution >= 4 is 5.69 Å². The predicted molar refractivity (Wildman–Crippen MR) is 67.5 cm³/mol. The summed E-state index contributed by atoms with van der Waals surface area (Å²) in [6.07, 6.45) is 0.978. The van der Waals surface area contributed by atoms with Crippen LogP contribution in [0.3, 0.4) is 0 Å². The molecule has 1 atom stereocenters. The molecule has 0 bridgehead atoms. The van der Waals surface area contributed by atoms with Gasteiger partial charge in [-0.1, -0.05) is 0 Å². The van der Waals surface area contributed by atoms with Crippen molar-refractivity contribution in [1.29, 1.82) is 0 Å². The van der Waals surface area contributed by atoms with Crippen LogP contribution < -0.4 is 10.5 Å². The molecular formula is C12H17N3O3. The third-order valence-electron chi connectivity index (χ3n) is 3.11. The molecule has 1 heterocycles. The van der Waals surface area contributed by atoms with E-state index in [9.17, 15) is 10.1 Å². The fraction of sp³-hybridized carbons (Fsp3) is 0.500. The Labute approximate surface area is 105 Å². The third kappa shape index (κ3) is 2.96. The van der Waals surface area contributed by atoms with Gasteiger partial charge in [0.05, 0.1) is 18.1 Å². The van der Waals surface area contributed by atoms with E-state index in [0.717, 1.165) is 25.1 Å². The van der Waals surface area contributed by atoms with Crippen molar-refractivity contribution in [3.8, 4) is 5.75 Å². The highest BCUT2D eigenvalue weighted by Crippen LogP contribution is 2.24. The normalized spacial score (nSPS) is 20.0. The van der Waals surface area contributed by atoms with E-state index in [2.05, 4.69) is 4.90 Å². The quantitative estimate of drug-likeness (QED) is 0.641. The molecular weight excluding hydrogens is 234 g/mol. The van der Waals surface area contributed by atoms with Crippen molar-refractivity contribution in [3.63, 3.8) is 0 Å². The van der Waals surface area contributed by atoms with Gasteiger partial charge in [0.15, 0.2) is 0 Å². The van der Waals surface area contributed by atoms with E-state index in [4.69, 9.17) is 10.5 Å². The molecule has 1 aliphatic rings. The molecule has 0 unspecified atom stereocenters. The zero-order chi connectivity index (χ0) is 13.1. The van der Waals surface area contributed by atoms with Gasteiger partial charge in [0.25, 0.3) is 5.69 Å². The van der Waals surface area contributed by atoms with Crippen LogP contribution in [-0.2, 0) is 6.54 Å². The lowest BCUT2D eigenvalue weighted by molar-refractivity contribution is -0.385. The zero-order valence-corrected chi connectivity index (χ0v) is 10.3. The van der Waals surface area contributed by atoms with Crippen LogP contribution in [0.5, 0.6) is 5.75 Å². The van der Waals surface area contributed by atoms with Gasteiger partial charge < -0.3 is 10.5 Å². The summed E-state index contributed by atoms with van der Waals surface area (Å²) in [7, 11) is 1.51. The molecule has 18 heavy (non-hydrogen) atoms. The Morgan fingerprint density at radius 3 is 2.89 bits per heavy atom. The second-order valence-electron chi connectivity index (χ2n) is 4.58. The van der Waals surface area contributed by atoms with Gasteiger partial charge in [0.2, 0.25) is 0 Å². The van der Waals surface area contributed by atoms with E-state index in [1.807, 2.05) is 6.07 Å². The Balaban J connectivity index is 2.16. The molecule has 6 nitrogen and oxygen atoms in total. The molecule has 2 N–H and O–H groups in total. The van der Waals surface area contributed by atoms with Crippen LogP contribution in [0.4, 0.5) is 5.69 Å². The fourth-order valence-corrected chi connectivity index (χ4v) is 2.22. The van der Waals surface area contributed by atoms with Gasteiger partial charge in [-0.3, -0.25) is 15.0 Å². The number of hydrogen-bond donors (Lipinski definition) is 1. The lowest BCUT2D eigenvalue weighted by Crippen LogP contribution is -2.26. The van der Waals surface area contributed by atoms with Gasteiger partial charge in [-0.2, -0.15) is 0 Å². The van der Waals surface area contributed by atoms with Crippen molar-refractivity contribution in [3.05, 3.63) is 33.9 Å². The largest absolute Gasteiger partial charge is 0.496 e. The topological polar surface area (TPSA) is 81.6 Å². The number of hydrogen-bond acceptors (Lipinski definition) is 5. The van der Waals surface area contributed by atoms with Crippen LogP contribution >= 0.6 is 0 Å². The van der Waals surface area contributed by atoms with Gasteiger partial charge in [-0.15, -0.1) is 0 Å². The monoisotopic (exact) mass is 251 g/mol. The number of methoxy groups -OCH3 is 1. The van der Waals surface area contributed by atoms with Crippen LogP contribution in [0.1, 0.15) is 12.0 Å². The number of nitrogens with two attached hydrogens (primary N) is 1. The minimum atomic E-state index is -0.401. The van der Waals surface area contributed by atoms with Crippen LogP contribution in [0.15, 0.2) is 18.2 Å². The lowest BCUT2D eigenvalue weighted by atomic mass is 10.2. The smallest absolute Gasteiger partial charge is 0.273 e. The molecule has 2 rings (SSSR count). The van der Waals surface area contributed by atoms with Crippen LogP contribution in [0, 0.1) is 10.1 Å². The lowest BCUT2D eigenvalue weighted by Gasteiger charge is -2.15. The molecule has 0 aromatic heterocycles. The molecule has 0 aliphatic carbocycles. The standard InChI is InChI=1S/C12H17N3O3/c1-18-12-5-9(4-11(6-12)15(16)17)7-14-3-2-10(13)8-14/h4-6,10H,2-3,7-8,13H2,1H3/t10-/m0/s1. The van der Waals surface area contributed by atoms with Gasteiger partial charge in [-0.25, -0.2) is 0 Å². The van der Waals surface area contributed by atoms with Crippen molar-refractivity contribution in [2.24, 2.45) is 5.73 Å². The van der Waals surface area contributed by atoms with Crippen LogP contribution in [0.25, 0.3) is 0 Å². The van der Waals surface area contributed by atoms with Crippen molar-refractivity contribution in [2.75, 3.05) is 20.2 Å². The maximum absolute atomic E-state index is 10.8. The Morgan fingerprint density at radius 2 is 2.33 bits per heavy atom. The van der Waals surface area contributed by atoms with E-state index in [1.165, 1.54) is 13.2 Å². The molecule has 1 aliphatic heterocycles. The Morgan fingerprint density at radius 1 is 1.56 bits per heavy atom. The molecule has 6 heteroatoms. The predicted octanol–water partition coefficient (Wildman–Crippen LogP) is 1.14. The Hall–Kier alpha value is -1.66. The number of nitro benzene ring substituents is 1. The first-order valence-electron chi connectivity index (χ1n) is 5.89. The van der Waals surface area contributed by atoms with Gasteiger partial charge >= 0.3 is 0 Å². The van der Waals surface area contributed by atoms with Crippen molar-refractivity contribution in [2.45, 2.75) is 19.0 Å². The third-order valence-corrected chi connectivity index (χ3v) is 3.11. The second-order valence-corrected chi connectivity index (χ2v) is 4.58. The Kier molecular flexibility index (Phi) is 3.78. The minimum absolute atomic E-state index is 0.0628. The molecule has 0 spiro atoms. The number of rotatable bonds is 4. The molecule has 1 saturated heterocycles. The maximum Gasteiger partial charge on any atom is 0.273 e.